The normalized spacial score (nSPS) is 12.8. The molecule has 2 heterocycles. The van der Waals surface area contributed by atoms with Gasteiger partial charge in [0.25, 0.3) is 0 Å². The molecule has 1 aromatic carbocycles. The first kappa shape index (κ1) is 11.4. The number of hydrogen-bond donors (Lipinski definition) is 1. The molecule has 0 saturated carbocycles. The summed E-state index contributed by atoms with van der Waals surface area (Å²) in [6, 6.07) is 11.4. The van der Waals surface area contributed by atoms with Crippen LogP contribution >= 0.6 is 15.9 Å². The Balaban J connectivity index is 2.07. The van der Waals surface area contributed by atoms with Gasteiger partial charge in [-0.1, -0.05) is 18.2 Å². The number of pyridine rings is 1. The molecule has 3 nitrogen and oxygen atoms in total. The van der Waals surface area contributed by atoms with E-state index in [0.717, 1.165) is 26.8 Å². The zero-order chi connectivity index (χ0) is 12.5. The maximum absolute atomic E-state index is 6.18. The van der Waals surface area contributed by atoms with Crippen LogP contribution in [0, 0.1) is 0 Å². The van der Waals surface area contributed by atoms with E-state index in [-0.39, 0.29) is 6.04 Å². The van der Waals surface area contributed by atoms with Crippen LogP contribution < -0.4 is 5.73 Å². The van der Waals surface area contributed by atoms with Crippen LogP contribution in [0.15, 0.2) is 57.7 Å². The summed E-state index contributed by atoms with van der Waals surface area (Å²) in [5, 5.41) is 1.04. The number of rotatable bonds is 2. The number of nitrogens with zero attached hydrogens (tertiary/aromatic N) is 1. The molecule has 0 spiro atoms. The highest BCUT2D eigenvalue weighted by Crippen LogP contribution is 2.30. The van der Waals surface area contributed by atoms with Gasteiger partial charge < -0.3 is 10.2 Å². The molecule has 2 N–H and O–H groups in total. The van der Waals surface area contributed by atoms with E-state index in [1.165, 1.54) is 0 Å². The van der Waals surface area contributed by atoms with E-state index in [1.807, 2.05) is 36.4 Å². The van der Waals surface area contributed by atoms with E-state index < -0.39 is 0 Å². The first-order valence-corrected chi connectivity index (χ1v) is 6.38. The molecular formula is C14H11BrN2O. The van der Waals surface area contributed by atoms with Crippen LogP contribution in [0.1, 0.15) is 17.4 Å². The summed E-state index contributed by atoms with van der Waals surface area (Å²) >= 11 is 3.47. The average molecular weight is 303 g/mol. The highest BCUT2D eigenvalue weighted by atomic mass is 79.9. The lowest BCUT2D eigenvalue weighted by molar-refractivity contribution is 0.523. The second-order valence-electron chi connectivity index (χ2n) is 4.07. The van der Waals surface area contributed by atoms with Gasteiger partial charge in [-0.15, -0.1) is 0 Å². The molecule has 0 saturated heterocycles. The lowest BCUT2D eigenvalue weighted by Gasteiger charge is -2.07. The van der Waals surface area contributed by atoms with Gasteiger partial charge >= 0.3 is 0 Å². The Morgan fingerprint density at radius 2 is 2.11 bits per heavy atom. The van der Waals surface area contributed by atoms with Crippen molar-refractivity contribution in [1.82, 2.24) is 4.98 Å². The van der Waals surface area contributed by atoms with E-state index in [2.05, 4.69) is 20.9 Å². The summed E-state index contributed by atoms with van der Waals surface area (Å²) in [4.78, 5) is 4.07. The first-order chi connectivity index (χ1) is 8.75. The van der Waals surface area contributed by atoms with Crippen LogP contribution in [-0.2, 0) is 0 Å². The Kier molecular flexibility index (Phi) is 2.89. The van der Waals surface area contributed by atoms with E-state index in [0.29, 0.717) is 0 Å². The summed E-state index contributed by atoms with van der Waals surface area (Å²) in [7, 11) is 0. The van der Waals surface area contributed by atoms with Crippen LogP contribution in [-0.4, -0.2) is 4.98 Å². The Morgan fingerprint density at radius 3 is 2.83 bits per heavy atom. The van der Waals surface area contributed by atoms with Gasteiger partial charge in [0.15, 0.2) is 0 Å². The fraction of sp³-hybridized carbons (Fsp3) is 0.0714. The van der Waals surface area contributed by atoms with E-state index in [1.54, 1.807) is 12.4 Å². The second kappa shape index (κ2) is 4.55. The van der Waals surface area contributed by atoms with Crippen LogP contribution in [0.2, 0.25) is 0 Å². The predicted molar refractivity (Wildman–Crippen MR) is 74.2 cm³/mol. The molecule has 0 amide bonds. The summed E-state index contributed by atoms with van der Waals surface area (Å²) in [5.41, 5.74) is 7.94. The number of furan rings is 1. The third-order valence-electron chi connectivity index (χ3n) is 2.87. The molecule has 2 aromatic heterocycles. The molecule has 0 radical (unpaired) electrons. The topological polar surface area (TPSA) is 52.0 Å². The molecule has 0 bridgehead atoms. The zero-order valence-electron chi connectivity index (χ0n) is 9.51. The number of halogens is 1. The molecule has 0 aliphatic heterocycles. The molecule has 0 aliphatic rings. The smallest absolute Gasteiger partial charge is 0.148 e. The van der Waals surface area contributed by atoms with Crippen LogP contribution in [0.4, 0.5) is 0 Å². The van der Waals surface area contributed by atoms with E-state index >= 15 is 0 Å². The number of benzene rings is 1. The standard InChI is InChI=1S/C14H11BrN2O/c15-11-5-1-3-9-7-12(18-14(9)11)13(16)10-4-2-6-17-8-10/h1-8,13H,16H2. The molecule has 1 unspecified atom stereocenters. The second-order valence-corrected chi connectivity index (χ2v) is 4.93. The van der Waals surface area contributed by atoms with E-state index in [4.69, 9.17) is 10.2 Å². The van der Waals surface area contributed by atoms with Gasteiger partial charge in [0.1, 0.15) is 11.3 Å². The lowest BCUT2D eigenvalue weighted by Crippen LogP contribution is -2.10. The number of fused-ring (bicyclic) bond motifs is 1. The zero-order valence-corrected chi connectivity index (χ0v) is 11.1. The van der Waals surface area contributed by atoms with Crippen LogP contribution in [0.5, 0.6) is 0 Å². The molecule has 0 aliphatic carbocycles. The fourth-order valence-corrected chi connectivity index (χ4v) is 2.39. The highest BCUT2D eigenvalue weighted by Gasteiger charge is 2.15. The molecule has 1 atom stereocenters. The van der Waals surface area contributed by atoms with Gasteiger partial charge in [-0.2, -0.15) is 0 Å². The minimum atomic E-state index is -0.294. The van der Waals surface area contributed by atoms with Gasteiger partial charge in [0.2, 0.25) is 0 Å². The summed E-state index contributed by atoms with van der Waals surface area (Å²) in [6.07, 6.45) is 3.48. The molecule has 4 heteroatoms. The van der Waals surface area contributed by atoms with Crippen molar-refractivity contribution in [3.8, 4) is 0 Å². The first-order valence-electron chi connectivity index (χ1n) is 5.59. The monoisotopic (exact) mass is 302 g/mol. The van der Waals surface area contributed by atoms with Crippen molar-refractivity contribution in [2.75, 3.05) is 0 Å². The molecule has 3 rings (SSSR count). The maximum Gasteiger partial charge on any atom is 0.148 e. The van der Waals surface area contributed by atoms with Crippen molar-refractivity contribution >= 4 is 26.9 Å². The summed E-state index contributed by atoms with van der Waals surface area (Å²) in [5.74, 6) is 0.741. The molecule has 90 valence electrons. The molecule has 0 fully saturated rings. The Morgan fingerprint density at radius 1 is 1.22 bits per heavy atom. The number of hydrogen-bond acceptors (Lipinski definition) is 3. The van der Waals surface area contributed by atoms with Crippen molar-refractivity contribution in [3.05, 3.63) is 64.6 Å². The van der Waals surface area contributed by atoms with E-state index in [9.17, 15) is 0 Å². The van der Waals surface area contributed by atoms with Crippen LogP contribution in [0.3, 0.4) is 0 Å². The number of aromatic nitrogens is 1. The van der Waals surface area contributed by atoms with Crippen molar-refractivity contribution in [3.63, 3.8) is 0 Å². The Bertz CT molecular complexity index is 679. The molecule has 3 aromatic rings. The average Bonchev–Trinajstić information content (AvgIpc) is 2.84. The quantitative estimate of drug-likeness (QED) is 0.786. The largest absolute Gasteiger partial charge is 0.458 e. The highest BCUT2D eigenvalue weighted by molar-refractivity contribution is 9.10. The van der Waals surface area contributed by atoms with Crippen molar-refractivity contribution < 1.29 is 4.42 Å². The third-order valence-corrected chi connectivity index (χ3v) is 3.49. The minimum Gasteiger partial charge on any atom is -0.458 e. The minimum absolute atomic E-state index is 0.294. The van der Waals surface area contributed by atoms with Crippen LogP contribution in [0.25, 0.3) is 11.0 Å². The van der Waals surface area contributed by atoms with Gasteiger partial charge in [0, 0.05) is 17.8 Å². The Hall–Kier alpha value is -1.65. The third kappa shape index (κ3) is 1.94. The fourth-order valence-electron chi connectivity index (χ4n) is 1.92. The van der Waals surface area contributed by atoms with Gasteiger partial charge in [-0.3, -0.25) is 4.98 Å². The molecular weight excluding hydrogens is 292 g/mol. The SMILES string of the molecule is NC(c1cccnc1)c1cc2cccc(Br)c2o1. The maximum atomic E-state index is 6.18. The summed E-state index contributed by atoms with van der Waals surface area (Å²) in [6.45, 7) is 0. The number of nitrogens with two attached hydrogens (primary N) is 1. The predicted octanol–water partition coefficient (Wildman–Crippen LogP) is 3.64. The molecule has 18 heavy (non-hydrogen) atoms. The van der Waals surface area contributed by atoms with Crippen molar-refractivity contribution in [2.24, 2.45) is 5.73 Å². The lowest BCUT2D eigenvalue weighted by atomic mass is 10.1. The van der Waals surface area contributed by atoms with Crippen molar-refractivity contribution in [1.29, 1.82) is 0 Å². The summed E-state index contributed by atoms with van der Waals surface area (Å²) < 4.78 is 6.75. The van der Waals surface area contributed by atoms with Gasteiger partial charge in [0.05, 0.1) is 10.5 Å². The number of para-hydroxylation sites is 1. The van der Waals surface area contributed by atoms with Crippen molar-refractivity contribution in [2.45, 2.75) is 6.04 Å². The Labute approximate surface area is 113 Å². The van der Waals surface area contributed by atoms with Gasteiger partial charge in [-0.05, 0) is 39.7 Å². The van der Waals surface area contributed by atoms with Gasteiger partial charge in [-0.25, -0.2) is 0 Å².